The summed E-state index contributed by atoms with van der Waals surface area (Å²) in [6, 6.07) is 17.8. The molecule has 0 saturated heterocycles. The van der Waals surface area contributed by atoms with Crippen LogP contribution in [0.5, 0.6) is 0 Å². The Morgan fingerprint density at radius 3 is 2.11 bits per heavy atom. The molecule has 1 aromatic heterocycles. The van der Waals surface area contributed by atoms with E-state index in [0.717, 1.165) is 5.56 Å². The average molecular weight is 500 g/mol. The Bertz CT molecular complexity index is 1630. The zero-order chi connectivity index (χ0) is 25.0. The Balaban J connectivity index is 1.83. The van der Waals surface area contributed by atoms with E-state index in [-0.39, 0.29) is 5.56 Å². The van der Waals surface area contributed by atoms with Crippen LogP contribution in [0.1, 0.15) is 15.9 Å². The van der Waals surface area contributed by atoms with Gasteiger partial charge in [0, 0.05) is 26.9 Å². The molecule has 0 spiro atoms. The highest BCUT2D eigenvalue weighted by molar-refractivity contribution is 6.30. The first-order chi connectivity index (χ1) is 16.7. The van der Waals surface area contributed by atoms with Gasteiger partial charge in [0.15, 0.2) is 23.3 Å². The summed E-state index contributed by atoms with van der Waals surface area (Å²) in [6.45, 7) is -0.702. The maximum Gasteiger partial charge on any atom is 0.249 e. The van der Waals surface area contributed by atoms with E-state index in [1.165, 1.54) is 16.7 Å². The Labute approximate surface area is 200 Å². The number of fused-ring (bicyclic) bond motifs is 3. The largest absolute Gasteiger partial charge is 0.366 e. The average Bonchev–Trinajstić information content (AvgIpc) is 3.17. The number of nitrogens with two attached hydrogens (primary N) is 1. The van der Waals surface area contributed by atoms with Crippen LogP contribution in [0.25, 0.3) is 32.9 Å². The predicted molar refractivity (Wildman–Crippen MR) is 123 cm³/mol. The Morgan fingerprint density at radius 2 is 1.49 bits per heavy atom. The molecule has 1 radical (unpaired) electrons. The van der Waals surface area contributed by atoms with Gasteiger partial charge in [-0.05, 0) is 53.6 Å². The summed E-state index contributed by atoms with van der Waals surface area (Å²) < 4.78 is 71.9. The summed E-state index contributed by atoms with van der Waals surface area (Å²) in [7, 11) is 0. The van der Waals surface area contributed by atoms with Gasteiger partial charge in [0.2, 0.25) is 11.7 Å². The highest BCUT2D eigenvalue weighted by Gasteiger charge is 2.27. The van der Waals surface area contributed by atoms with Crippen molar-refractivity contribution in [1.29, 1.82) is 0 Å². The van der Waals surface area contributed by atoms with Crippen molar-refractivity contribution in [2.24, 2.45) is 5.73 Å². The number of rotatable bonds is 4. The summed E-state index contributed by atoms with van der Waals surface area (Å²) in [6.07, 6.45) is 0. The van der Waals surface area contributed by atoms with Gasteiger partial charge in [-0.2, -0.15) is 0 Å². The van der Waals surface area contributed by atoms with Crippen LogP contribution in [-0.4, -0.2) is 10.5 Å². The number of nitrogens with zero attached hydrogens (tertiary/aromatic N) is 1. The lowest BCUT2D eigenvalue weighted by Crippen LogP contribution is -2.12. The van der Waals surface area contributed by atoms with Crippen LogP contribution in [0.2, 0.25) is 5.02 Å². The number of amides is 1. The number of aromatic nitrogens is 1. The Hall–Kier alpha value is -3.91. The molecule has 3 nitrogen and oxygen atoms in total. The molecule has 0 unspecified atom stereocenters. The van der Waals surface area contributed by atoms with Gasteiger partial charge in [-0.1, -0.05) is 29.8 Å². The van der Waals surface area contributed by atoms with Gasteiger partial charge in [0.1, 0.15) is 0 Å². The van der Waals surface area contributed by atoms with Crippen molar-refractivity contribution in [2.45, 2.75) is 6.54 Å². The lowest BCUT2D eigenvalue weighted by Gasteiger charge is -2.12. The molecule has 0 aliphatic carbocycles. The smallest absolute Gasteiger partial charge is 0.249 e. The minimum atomic E-state index is -2.24. The fraction of sp³-hybridized carbons (Fsp3) is 0.0385. The molecule has 9 heteroatoms. The standard InChI is InChI=1S/C26H13ClF5N2O/c27-14-7-4-12(5-8-14)13-6-9-15-19(10-13)34(18-3-1-2-16(20(15)18)26(33)35)11-17-21(28)23(30)25(32)24(31)22(17)29/h1-8,10H,11H2,(H2,33,35). The molecule has 5 aromatic rings. The molecule has 2 N–H and O–H groups in total. The topological polar surface area (TPSA) is 48.0 Å². The molecule has 0 bridgehead atoms. The van der Waals surface area contributed by atoms with Gasteiger partial charge in [0.25, 0.3) is 0 Å². The highest BCUT2D eigenvalue weighted by Crippen LogP contribution is 2.36. The number of benzene rings is 4. The van der Waals surface area contributed by atoms with Gasteiger partial charge < -0.3 is 10.3 Å². The molecule has 5 rings (SSSR count). The number of halogens is 6. The molecule has 4 aromatic carbocycles. The van der Waals surface area contributed by atoms with E-state index in [0.29, 0.717) is 32.4 Å². The van der Waals surface area contributed by atoms with Crippen molar-refractivity contribution < 1.29 is 26.7 Å². The van der Waals surface area contributed by atoms with E-state index >= 15 is 0 Å². The predicted octanol–water partition coefficient (Wildman–Crippen LogP) is 6.76. The van der Waals surface area contributed by atoms with Gasteiger partial charge >= 0.3 is 0 Å². The number of primary amides is 1. The van der Waals surface area contributed by atoms with Gasteiger partial charge in [0.05, 0.1) is 17.6 Å². The monoisotopic (exact) mass is 499 g/mol. The molecule has 175 valence electrons. The van der Waals surface area contributed by atoms with E-state index in [1.807, 2.05) is 0 Å². The Kier molecular flexibility index (Phi) is 5.48. The third kappa shape index (κ3) is 3.61. The minimum Gasteiger partial charge on any atom is -0.366 e. The van der Waals surface area contributed by atoms with E-state index in [9.17, 15) is 26.7 Å². The van der Waals surface area contributed by atoms with Gasteiger partial charge in [-0.25, -0.2) is 22.0 Å². The van der Waals surface area contributed by atoms with Crippen LogP contribution in [0.15, 0.2) is 54.6 Å². The highest BCUT2D eigenvalue weighted by atomic mass is 35.5. The number of hydrogen-bond donors (Lipinski definition) is 1. The van der Waals surface area contributed by atoms with Gasteiger partial charge in [-0.15, -0.1) is 0 Å². The lowest BCUT2D eigenvalue weighted by molar-refractivity contribution is 0.100. The summed E-state index contributed by atoms with van der Waals surface area (Å²) >= 11 is 5.96. The molecule has 0 saturated carbocycles. The zero-order valence-corrected chi connectivity index (χ0v) is 18.4. The number of carbonyl (C=O) groups is 1. The third-order valence-electron chi connectivity index (χ3n) is 5.85. The van der Waals surface area contributed by atoms with Crippen molar-refractivity contribution in [3.63, 3.8) is 0 Å². The SMILES string of the molecule is NC(=O)c1cccc2c1c1[c]cc(-c3ccc(Cl)cc3)cc1n2Cc1c(F)c(F)c(F)c(F)c1F. The van der Waals surface area contributed by atoms with Crippen LogP contribution in [0, 0.1) is 35.2 Å². The molecule has 0 aliphatic heterocycles. The minimum absolute atomic E-state index is 0.124. The van der Waals surface area contributed by atoms with Crippen LogP contribution in [0.4, 0.5) is 22.0 Å². The van der Waals surface area contributed by atoms with Crippen molar-refractivity contribution in [3.05, 3.63) is 106 Å². The van der Waals surface area contributed by atoms with Crippen LogP contribution < -0.4 is 5.73 Å². The first-order valence-electron chi connectivity index (χ1n) is 10.2. The summed E-state index contributed by atoms with van der Waals surface area (Å²) in [5, 5.41) is 1.27. The van der Waals surface area contributed by atoms with E-state index in [2.05, 4.69) is 6.07 Å². The second kappa shape index (κ2) is 8.39. The van der Waals surface area contributed by atoms with Gasteiger partial charge in [-0.3, -0.25) is 4.79 Å². The maximum absolute atomic E-state index is 14.6. The second-order valence-corrected chi connectivity index (χ2v) is 8.29. The van der Waals surface area contributed by atoms with Crippen molar-refractivity contribution in [1.82, 2.24) is 4.57 Å². The van der Waals surface area contributed by atoms with E-state index in [4.69, 9.17) is 17.3 Å². The van der Waals surface area contributed by atoms with Crippen LogP contribution >= 0.6 is 11.6 Å². The molecule has 0 fully saturated rings. The van der Waals surface area contributed by atoms with E-state index < -0.39 is 47.1 Å². The van der Waals surface area contributed by atoms with Crippen molar-refractivity contribution in [3.8, 4) is 11.1 Å². The quantitative estimate of drug-likeness (QED) is 0.166. The van der Waals surface area contributed by atoms with Crippen LogP contribution in [-0.2, 0) is 6.54 Å². The molecule has 1 heterocycles. The summed E-state index contributed by atoms with van der Waals surface area (Å²) in [5.41, 5.74) is 6.71. The second-order valence-electron chi connectivity index (χ2n) is 7.85. The molecular formula is C26H13ClF5N2O. The molecule has 35 heavy (non-hydrogen) atoms. The van der Waals surface area contributed by atoms with Crippen molar-refractivity contribution in [2.75, 3.05) is 0 Å². The fourth-order valence-electron chi connectivity index (χ4n) is 4.19. The summed E-state index contributed by atoms with van der Waals surface area (Å²) in [5.74, 6) is -10.9. The van der Waals surface area contributed by atoms with Crippen molar-refractivity contribution >= 4 is 39.3 Å². The number of hydrogen-bond acceptors (Lipinski definition) is 1. The first kappa shape index (κ1) is 22.9. The first-order valence-corrected chi connectivity index (χ1v) is 10.6. The third-order valence-corrected chi connectivity index (χ3v) is 6.11. The maximum atomic E-state index is 14.6. The molecular weight excluding hydrogens is 487 g/mol. The van der Waals surface area contributed by atoms with E-state index in [1.54, 1.807) is 42.5 Å². The normalized spacial score (nSPS) is 11.5. The lowest BCUT2D eigenvalue weighted by atomic mass is 10.0. The fourth-order valence-corrected chi connectivity index (χ4v) is 4.31. The molecule has 1 amide bonds. The zero-order valence-electron chi connectivity index (χ0n) is 17.6. The molecule has 0 aliphatic rings. The number of carbonyl (C=O) groups excluding carboxylic acids is 1. The molecule has 0 atom stereocenters. The summed E-state index contributed by atoms with van der Waals surface area (Å²) in [4.78, 5) is 12.1. The Morgan fingerprint density at radius 1 is 0.857 bits per heavy atom. The van der Waals surface area contributed by atoms with Crippen LogP contribution in [0.3, 0.4) is 0 Å².